The molecule has 2 rings (SSSR count). The van der Waals surface area contributed by atoms with Gasteiger partial charge in [-0.2, -0.15) is 0 Å². The average Bonchev–Trinajstić information content (AvgIpc) is 2.29. The number of anilines is 1. The van der Waals surface area contributed by atoms with Crippen LogP contribution in [0.25, 0.3) is 0 Å². The summed E-state index contributed by atoms with van der Waals surface area (Å²) in [6.45, 7) is 2.31. The van der Waals surface area contributed by atoms with Crippen LogP contribution in [0.4, 0.5) is 10.1 Å². The van der Waals surface area contributed by atoms with Gasteiger partial charge in [0.15, 0.2) is 0 Å². The fourth-order valence-electron chi connectivity index (χ4n) is 2.83. The van der Waals surface area contributed by atoms with E-state index in [0.717, 1.165) is 24.9 Å². The minimum absolute atomic E-state index is 0.105. The number of benzene rings is 1. The van der Waals surface area contributed by atoms with Gasteiger partial charge in [-0.05, 0) is 37.0 Å². The van der Waals surface area contributed by atoms with E-state index < -0.39 is 0 Å². The summed E-state index contributed by atoms with van der Waals surface area (Å²) >= 11 is 0. The van der Waals surface area contributed by atoms with Gasteiger partial charge in [0.05, 0.1) is 12.1 Å². The van der Waals surface area contributed by atoms with E-state index in [1.165, 1.54) is 18.6 Å². The fraction of sp³-hybridized carbons (Fsp3) is 0.571. The molecule has 0 spiro atoms. The molecule has 2 unspecified atom stereocenters. The Morgan fingerprint density at radius 3 is 3.00 bits per heavy atom. The van der Waals surface area contributed by atoms with Crippen molar-refractivity contribution in [2.75, 3.05) is 11.9 Å². The molecule has 0 bridgehead atoms. The maximum Gasteiger partial charge on any atom is 0.125 e. The van der Waals surface area contributed by atoms with E-state index in [2.05, 4.69) is 12.2 Å². The van der Waals surface area contributed by atoms with Crippen LogP contribution >= 0.6 is 0 Å². The third kappa shape index (κ3) is 2.97. The van der Waals surface area contributed by atoms with Crippen molar-refractivity contribution in [2.24, 2.45) is 5.92 Å². The van der Waals surface area contributed by atoms with E-state index in [9.17, 15) is 9.50 Å². The molecule has 0 heterocycles. The molecule has 3 heteroatoms. The summed E-state index contributed by atoms with van der Waals surface area (Å²) in [6, 6.07) is 6.45. The second-order valence-corrected chi connectivity index (χ2v) is 5.28. The highest BCUT2D eigenvalue weighted by Crippen LogP contribution is 2.34. The van der Waals surface area contributed by atoms with Gasteiger partial charge >= 0.3 is 0 Å². The molecule has 1 aliphatic carbocycles. The lowest BCUT2D eigenvalue weighted by Crippen LogP contribution is -2.45. The van der Waals surface area contributed by atoms with Crippen molar-refractivity contribution in [3.63, 3.8) is 0 Å². The maximum absolute atomic E-state index is 13.1. The van der Waals surface area contributed by atoms with Crippen LogP contribution in [0.15, 0.2) is 24.3 Å². The van der Waals surface area contributed by atoms with Gasteiger partial charge in [-0.15, -0.1) is 0 Å². The Kier molecular flexibility index (Phi) is 3.67. The lowest BCUT2D eigenvalue weighted by atomic mass is 9.76. The highest BCUT2D eigenvalue weighted by atomic mass is 19.1. The van der Waals surface area contributed by atoms with Crippen LogP contribution in [-0.2, 0) is 0 Å². The Balaban J connectivity index is 2.13. The van der Waals surface area contributed by atoms with Gasteiger partial charge in [0.25, 0.3) is 0 Å². The number of nitrogens with one attached hydrogen (secondary N) is 1. The third-order valence-corrected chi connectivity index (χ3v) is 3.63. The van der Waals surface area contributed by atoms with Crippen LogP contribution in [0.3, 0.4) is 0 Å². The van der Waals surface area contributed by atoms with Crippen LogP contribution in [0.5, 0.6) is 0 Å². The Labute approximate surface area is 102 Å². The molecule has 0 aromatic heterocycles. The number of aliphatic hydroxyl groups is 1. The minimum atomic E-state index is -0.272. The summed E-state index contributed by atoms with van der Waals surface area (Å²) in [6.07, 6.45) is 4.22. The number of hydrogen-bond acceptors (Lipinski definition) is 2. The molecule has 0 aliphatic heterocycles. The Morgan fingerprint density at radius 2 is 2.35 bits per heavy atom. The van der Waals surface area contributed by atoms with Crippen LogP contribution in [0.1, 0.15) is 32.6 Å². The highest BCUT2D eigenvalue weighted by molar-refractivity contribution is 5.46. The predicted octanol–water partition coefficient (Wildman–Crippen LogP) is 3.18. The molecule has 1 aromatic carbocycles. The van der Waals surface area contributed by atoms with E-state index in [0.29, 0.717) is 5.92 Å². The zero-order valence-corrected chi connectivity index (χ0v) is 10.2. The van der Waals surface area contributed by atoms with E-state index in [-0.39, 0.29) is 18.0 Å². The standard InChI is InChI=1S/C14H20FNO/c1-11-4-3-7-14(9-11,10-17)16-13-6-2-5-12(15)8-13/h2,5-6,8,11,16-17H,3-4,7,9-10H2,1H3. The molecule has 0 saturated heterocycles. The number of hydrogen-bond donors (Lipinski definition) is 2. The second-order valence-electron chi connectivity index (χ2n) is 5.28. The molecule has 1 saturated carbocycles. The van der Waals surface area contributed by atoms with E-state index in [1.54, 1.807) is 6.07 Å². The molecule has 1 aromatic rings. The van der Waals surface area contributed by atoms with Crippen molar-refractivity contribution in [1.29, 1.82) is 0 Å². The Bertz CT molecular complexity index is 382. The largest absolute Gasteiger partial charge is 0.394 e. The smallest absolute Gasteiger partial charge is 0.125 e. The first-order chi connectivity index (χ1) is 8.13. The molecule has 1 fully saturated rings. The second kappa shape index (κ2) is 5.05. The van der Waals surface area contributed by atoms with Crippen LogP contribution in [-0.4, -0.2) is 17.3 Å². The average molecular weight is 237 g/mol. The van der Waals surface area contributed by atoms with Crippen molar-refractivity contribution in [1.82, 2.24) is 0 Å². The van der Waals surface area contributed by atoms with Crippen LogP contribution < -0.4 is 5.32 Å². The minimum Gasteiger partial charge on any atom is -0.394 e. The van der Waals surface area contributed by atoms with Gasteiger partial charge < -0.3 is 10.4 Å². The first-order valence-electron chi connectivity index (χ1n) is 6.28. The molecule has 1 aliphatic rings. The number of halogens is 1. The van der Waals surface area contributed by atoms with Gasteiger partial charge in [0.1, 0.15) is 5.82 Å². The van der Waals surface area contributed by atoms with Gasteiger partial charge in [-0.25, -0.2) is 4.39 Å². The Hall–Kier alpha value is -1.09. The first-order valence-corrected chi connectivity index (χ1v) is 6.28. The summed E-state index contributed by atoms with van der Waals surface area (Å²) in [7, 11) is 0. The van der Waals surface area contributed by atoms with E-state index in [1.807, 2.05) is 6.07 Å². The number of aliphatic hydroxyl groups excluding tert-OH is 1. The van der Waals surface area contributed by atoms with Crippen LogP contribution in [0, 0.1) is 11.7 Å². The van der Waals surface area contributed by atoms with E-state index >= 15 is 0 Å². The fourth-order valence-corrected chi connectivity index (χ4v) is 2.83. The van der Waals surface area contributed by atoms with Crippen molar-refractivity contribution < 1.29 is 9.50 Å². The van der Waals surface area contributed by atoms with E-state index in [4.69, 9.17) is 0 Å². The maximum atomic E-state index is 13.1. The van der Waals surface area contributed by atoms with Crippen molar-refractivity contribution in [3.05, 3.63) is 30.1 Å². The number of rotatable bonds is 3. The summed E-state index contributed by atoms with van der Waals surface area (Å²) in [5.74, 6) is 0.365. The van der Waals surface area contributed by atoms with Gasteiger partial charge in [-0.3, -0.25) is 0 Å². The summed E-state index contributed by atoms with van der Waals surface area (Å²) in [4.78, 5) is 0. The molecule has 0 radical (unpaired) electrons. The Morgan fingerprint density at radius 1 is 1.53 bits per heavy atom. The normalized spacial score (nSPS) is 29.0. The zero-order chi connectivity index (χ0) is 12.3. The van der Waals surface area contributed by atoms with Gasteiger partial charge in [0, 0.05) is 5.69 Å². The molecular weight excluding hydrogens is 217 g/mol. The van der Waals surface area contributed by atoms with Crippen molar-refractivity contribution in [2.45, 2.75) is 38.1 Å². The van der Waals surface area contributed by atoms with Crippen LogP contribution in [0.2, 0.25) is 0 Å². The quantitative estimate of drug-likeness (QED) is 0.846. The lowest BCUT2D eigenvalue weighted by molar-refractivity contribution is 0.149. The predicted molar refractivity (Wildman–Crippen MR) is 67.5 cm³/mol. The van der Waals surface area contributed by atoms with Crippen molar-refractivity contribution in [3.8, 4) is 0 Å². The topological polar surface area (TPSA) is 32.3 Å². The summed E-state index contributed by atoms with van der Waals surface area (Å²) < 4.78 is 13.1. The molecule has 2 N–H and O–H groups in total. The SMILES string of the molecule is CC1CCCC(CO)(Nc2cccc(F)c2)C1. The van der Waals surface area contributed by atoms with Gasteiger partial charge in [-0.1, -0.05) is 25.8 Å². The highest BCUT2D eigenvalue weighted by Gasteiger charge is 2.34. The summed E-state index contributed by atoms with van der Waals surface area (Å²) in [5.41, 5.74) is 0.485. The first kappa shape index (κ1) is 12.4. The molecule has 2 nitrogen and oxygen atoms in total. The van der Waals surface area contributed by atoms with Crippen molar-refractivity contribution >= 4 is 5.69 Å². The molecule has 0 amide bonds. The molecule has 94 valence electrons. The van der Waals surface area contributed by atoms with Gasteiger partial charge in [0.2, 0.25) is 0 Å². The summed E-state index contributed by atoms with van der Waals surface area (Å²) in [5, 5.41) is 13.0. The monoisotopic (exact) mass is 237 g/mol. The lowest BCUT2D eigenvalue weighted by Gasteiger charge is -2.40. The zero-order valence-electron chi connectivity index (χ0n) is 10.2. The third-order valence-electron chi connectivity index (χ3n) is 3.63. The molecule has 17 heavy (non-hydrogen) atoms. The molecule has 2 atom stereocenters. The molecular formula is C14H20FNO.